The summed E-state index contributed by atoms with van der Waals surface area (Å²) in [6, 6.07) is 3.69. The number of aromatic nitrogens is 4. The Hall–Kier alpha value is -1.60. The molecule has 17 heavy (non-hydrogen) atoms. The summed E-state index contributed by atoms with van der Waals surface area (Å²) in [5.41, 5.74) is 6.38. The first-order chi connectivity index (χ1) is 8.22. The molecular formula is C10H10BrN5O. The zero-order chi connectivity index (χ0) is 12.0. The number of fused-ring (bicyclic) bond motifs is 1. The largest absolute Gasteiger partial charge is 0.461 e. The van der Waals surface area contributed by atoms with E-state index in [2.05, 4.69) is 26.0 Å². The van der Waals surface area contributed by atoms with Crippen LogP contribution in [0.3, 0.4) is 0 Å². The predicted octanol–water partition coefficient (Wildman–Crippen LogP) is 1.55. The third kappa shape index (κ3) is 1.43. The molecular weight excluding hydrogens is 286 g/mol. The second-order valence-electron chi connectivity index (χ2n) is 3.63. The summed E-state index contributed by atoms with van der Waals surface area (Å²) in [5.74, 6) is 2.16. The maximum atomic E-state index is 5.60. The zero-order valence-corrected chi connectivity index (χ0v) is 10.7. The molecule has 7 heteroatoms. The minimum absolute atomic E-state index is 0.375. The van der Waals surface area contributed by atoms with Crippen molar-refractivity contribution in [2.24, 2.45) is 12.8 Å². The number of nitrogens with two attached hydrogens (primary N) is 1. The third-order valence-corrected chi connectivity index (χ3v) is 3.39. The lowest BCUT2D eigenvalue weighted by Gasteiger charge is -1.95. The van der Waals surface area contributed by atoms with E-state index in [4.69, 9.17) is 10.2 Å². The van der Waals surface area contributed by atoms with E-state index in [-0.39, 0.29) is 0 Å². The van der Waals surface area contributed by atoms with Gasteiger partial charge in [-0.3, -0.25) is 4.57 Å². The number of nitrogens with zero attached hydrogens (tertiary/aromatic N) is 4. The van der Waals surface area contributed by atoms with E-state index < -0.39 is 0 Å². The first kappa shape index (κ1) is 10.5. The van der Waals surface area contributed by atoms with Gasteiger partial charge in [0.1, 0.15) is 4.60 Å². The Bertz CT molecular complexity index is 667. The van der Waals surface area contributed by atoms with Gasteiger partial charge in [0.05, 0.1) is 12.0 Å². The van der Waals surface area contributed by atoms with Crippen LogP contribution in [0.15, 0.2) is 27.4 Å². The Kier molecular flexibility index (Phi) is 2.30. The second-order valence-corrected chi connectivity index (χ2v) is 4.38. The number of hydrogen-bond acceptors (Lipinski definition) is 4. The first-order valence-electron chi connectivity index (χ1n) is 5.06. The molecule has 3 aromatic rings. The Balaban J connectivity index is 2.27. The van der Waals surface area contributed by atoms with Gasteiger partial charge in [-0.15, -0.1) is 5.10 Å². The van der Waals surface area contributed by atoms with Crippen molar-refractivity contribution < 1.29 is 4.42 Å². The van der Waals surface area contributed by atoms with E-state index in [0.717, 1.165) is 21.9 Å². The molecule has 0 aliphatic heterocycles. The van der Waals surface area contributed by atoms with Crippen molar-refractivity contribution in [2.75, 3.05) is 0 Å². The lowest BCUT2D eigenvalue weighted by Crippen LogP contribution is -1.99. The van der Waals surface area contributed by atoms with Crippen molar-refractivity contribution >= 4 is 21.7 Å². The quantitative estimate of drug-likeness (QED) is 0.778. The van der Waals surface area contributed by atoms with Crippen molar-refractivity contribution in [3.63, 3.8) is 0 Å². The predicted molar refractivity (Wildman–Crippen MR) is 65.3 cm³/mol. The molecule has 0 amide bonds. The maximum absolute atomic E-state index is 5.60. The molecule has 0 unspecified atom stereocenters. The number of aryl methyl sites for hydroxylation is 1. The van der Waals surface area contributed by atoms with Crippen LogP contribution in [0, 0.1) is 0 Å². The van der Waals surface area contributed by atoms with E-state index in [1.54, 1.807) is 10.8 Å². The van der Waals surface area contributed by atoms with Crippen LogP contribution < -0.4 is 5.73 Å². The molecule has 0 aliphatic carbocycles. The second kappa shape index (κ2) is 3.71. The molecule has 88 valence electrons. The third-order valence-electron chi connectivity index (χ3n) is 2.60. The highest BCUT2D eigenvalue weighted by Gasteiger charge is 2.18. The van der Waals surface area contributed by atoms with Crippen molar-refractivity contribution in [1.29, 1.82) is 0 Å². The smallest absolute Gasteiger partial charge is 0.233 e. The first-order valence-corrected chi connectivity index (χ1v) is 5.85. The van der Waals surface area contributed by atoms with Crippen LogP contribution in [-0.2, 0) is 13.6 Å². The average Bonchev–Trinajstić information content (AvgIpc) is 2.99. The number of imidazole rings is 1. The van der Waals surface area contributed by atoms with Crippen LogP contribution in [-0.4, -0.2) is 19.2 Å². The standard InChI is InChI=1S/C10H10BrN5O/c1-15-9(7-3-2-4-17-7)14-16-8(11)6(5-12)13-10(15)16/h2-4H,5,12H2,1H3. The van der Waals surface area contributed by atoms with Crippen LogP contribution >= 0.6 is 15.9 Å². The Labute approximate surface area is 105 Å². The van der Waals surface area contributed by atoms with Crippen molar-refractivity contribution in [3.8, 4) is 11.6 Å². The van der Waals surface area contributed by atoms with E-state index in [9.17, 15) is 0 Å². The van der Waals surface area contributed by atoms with Gasteiger partial charge in [-0.2, -0.15) is 4.52 Å². The lowest BCUT2D eigenvalue weighted by atomic mass is 10.4. The fourth-order valence-electron chi connectivity index (χ4n) is 1.74. The molecule has 3 aromatic heterocycles. The summed E-state index contributed by atoms with van der Waals surface area (Å²) in [5, 5.41) is 4.44. The van der Waals surface area contributed by atoms with Crippen LogP contribution in [0.2, 0.25) is 0 Å². The van der Waals surface area contributed by atoms with Gasteiger partial charge >= 0.3 is 0 Å². The molecule has 3 heterocycles. The fraction of sp³-hybridized carbons (Fsp3) is 0.200. The molecule has 0 saturated heterocycles. The summed E-state index contributed by atoms with van der Waals surface area (Å²) in [6.07, 6.45) is 1.62. The molecule has 0 fully saturated rings. The Morgan fingerprint density at radius 1 is 1.53 bits per heavy atom. The van der Waals surface area contributed by atoms with Gasteiger partial charge in [0.2, 0.25) is 5.78 Å². The molecule has 0 spiro atoms. The highest BCUT2D eigenvalue weighted by Crippen LogP contribution is 2.23. The fourth-order valence-corrected chi connectivity index (χ4v) is 2.23. The van der Waals surface area contributed by atoms with Crippen LogP contribution in [0.25, 0.3) is 17.4 Å². The highest BCUT2D eigenvalue weighted by molar-refractivity contribution is 9.10. The zero-order valence-electron chi connectivity index (χ0n) is 9.09. The van der Waals surface area contributed by atoms with Gasteiger partial charge in [-0.1, -0.05) is 0 Å². The van der Waals surface area contributed by atoms with Crippen molar-refractivity contribution in [1.82, 2.24) is 19.2 Å². The molecule has 3 rings (SSSR count). The molecule has 0 aromatic carbocycles. The number of rotatable bonds is 2. The number of halogens is 1. The normalized spacial score (nSPS) is 11.5. The number of furan rings is 1. The van der Waals surface area contributed by atoms with Gasteiger partial charge in [0.15, 0.2) is 11.6 Å². The Morgan fingerprint density at radius 3 is 2.94 bits per heavy atom. The molecule has 0 bridgehead atoms. The van der Waals surface area contributed by atoms with Gasteiger partial charge in [0, 0.05) is 13.6 Å². The van der Waals surface area contributed by atoms with Crippen LogP contribution in [0.5, 0.6) is 0 Å². The van der Waals surface area contributed by atoms with E-state index in [1.165, 1.54) is 0 Å². The summed E-state index contributed by atoms with van der Waals surface area (Å²) < 4.78 is 9.68. The summed E-state index contributed by atoms with van der Waals surface area (Å²) >= 11 is 3.44. The maximum Gasteiger partial charge on any atom is 0.233 e. The topological polar surface area (TPSA) is 74.3 Å². The Morgan fingerprint density at radius 2 is 2.35 bits per heavy atom. The highest BCUT2D eigenvalue weighted by atomic mass is 79.9. The molecule has 6 nitrogen and oxygen atoms in total. The van der Waals surface area contributed by atoms with E-state index in [1.807, 2.05) is 23.7 Å². The van der Waals surface area contributed by atoms with Gasteiger partial charge in [-0.05, 0) is 28.1 Å². The monoisotopic (exact) mass is 295 g/mol. The number of hydrogen-bond donors (Lipinski definition) is 1. The van der Waals surface area contributed by atoms with Gasteiger partial charge in [0.25, 0.3) is 0 Å². The SMILES string of the molecule is Cn1c(-c2ccco2)nn2c(Br)c(CN)nc12. The van der Waals surface area contributed by atoms with Gasteiger partial charge in [-0.25, -0.2) is 4.98 Å². The molecule has 2 N–H and O–H groups in total. The molecule has 0 atom stereocenters. The molecule has 0 aliphatic rings. The molecule has 0 radical (unpaired) electrons. The van der Waals surface area contributed by atoms with E-state index in [0.29, 0.717) is 12.3 Å². The van der Waals surface area contributed by atoms with Crippen LogP contribution in [0.4, 0.5) is 0 Å². The summed E-state index contributed by atoms with van der Waals surface area (Å²) in [7, 11) is 1.89. The van der Waals surface area contributed by atoms with E-state index >= 15 is 0 Å². The minimum atomic E-state index is 0.375. The lowest BCUT2D eigenvalue weighted by molar-refractivity contribution is 0.573. The van der Waals surface area contributed by atoms with Crippen molar-refractivity contribution in [2.45, 2.75) is 6.54 Å². The average molecular weight is 296 g/mol. The summed E-state index contributed by atoms with van der Waals surface area (Å²) in [4.78, 5) is 4.41. The van der Waals surface area contributed by atoms with Crippen molar-refractivity contribution in [3.05, 3.63) is 28.7 Å². The van der Waals surface area contributed by atoms with Gasteiger partial charge < -0.3 is 10.2 Å². The minimum Gasteiger partial charge on any atom is -0.461 e. The molecule has 0 saturated carbocycles. The summed E-state index contributed by atoms with van der Waals surface area (Å²) in [6.45, 7) is 0.375. The van der Waals surface area contributed by atoms with Crippen LogP contribution in [0.1, 0.15) is 5.69 Å².